The summed E-state index contributed by atoms with van der Waals surface area (Å²) < 4.78 is 0. The number of aliphatic hydroxyl groups excluding tert-OH is 2. The third-order valence-corrected chi connectivity index (χ3v) is 5.68. The van der Waals surface area contributed by atoms with Gasteiger partial charge >= 0.3 is 0 Å². The molecule has 0 bridgehead atoms. The molecule has 0 aliphatic heterocycles. The van der Waals surface area contributed by atoms with Gasteiger partial charge in [0.25, 0.3) is 0 Å². The van der Waals surface area contributed by atoms with Gasteiger partial charge in [-0.25, -0.2) is 4.98 Å². The van der Waals surface area contributed by atoms with Gasteiger partial charge in [0.2, 0.25) is 0 Å². The van der Waals surface area contributed by atoms with Crippen molar-refractivity contribution in [3.63, 3.8) is 0 Å². The summed E-state index contributed by atoms with van der Waals surface area (Å²) >= 11 is 7.49. The zero-order chi connectivity index (χ0) is 18.8. The van der Waals surface area contributed by atoms with Gasteiger partial charge in [-0.05, 0) is 41.5 Å². The van der Waals surface area contributed by atoms with E-state index in [-0.39, 0.29) is 6.61 Å². The maximum absolute atomic E-state index is 11.0. The lowest BCUT2D eigenvalue weighted by atomic mass is 10.0. The van der Waals surface area contributed by atoms with Crippen molar-refractivity contribution >= 4 is 22.9 Å². The Balaban J connectivity index is 1.82. The van der Waals surface area contributed by atoms with E-state index in [1.54, 1.807) is 30.7 Å². The Morgan fingerprint density at radius 1 is 1.07 bits per heavy atom. The van der Waals surface area contributed by atoms with Crippen LogP contribution in [0.2, 0.25) is 5.02 Å². The van der Waals surface area contributed by atoms with Gasteiger partial charge in [0.1, 0.15) is 11.9 Å². The summed E-state index contributed by atoms with van der Waals surface area (Å²) in [5.41, 5.74) is 3.04. The predicted molar refractivity (Wildman–Crippen MR) is 107 cm³/mol. The number of rotatable bonds is 5. The van der Waals surface area contributed by atoms with Gasteiger partial charge < -0.3 is 15.2 Å². The molecule has 1 aromatic carbocycles. The van der Waals surface area contributed by atoms with Crippen LogP contribution in [0.3, 0.4) is 0 Å². The number of hydrogen-bond donors (Lipinski definition) is 3. The summed E-state index contributed by atoms with van der Waals surface area (Å²) in [6, 6.07) is 12.8. The van der Waals surface area contributed by atoms with E-state index in [2.05, 4.69) is 15.0 Å². The Morgan fingerprint density at radius 3 is 2.59 bits per heavy atom. The highest BCUT2D eigenvalue weighted by Gasteiger charge is 2.21. The van der Waals surface area contributed by atoms with Crippen LogP contribution in [0.25, 0.3) is 21.1 Å². The first kappa shape index (κ1) is 17.9. The quantitative estimate of drug-likeness (QED) is 0.465. The standard InChI is InChI=1S/C20H16ClN3O2S/c21-14-3-1-12(2-4-14)18(26)16-10-17(13-5-6-22-15(9-13)11-25)27-19(16)20-23-7-8-24-20/h1-10,18,25-26H,11H2,(H,23,24). The second kappa shape index (κ2) is 7.62. The van der Waals surface area contributed by atoms with Crippen LogP contribution in [0.15, 0.2) is 61.1 Å². The molecular formula is C20H16ClN3O2S. The third kappa shape index (κ3) is 3.65. The van der Waals surface area contributed by atoms with Crippen LogP contribution in [0, 0.1) is 0 Å². The van der Waals surface area contributed by atoms with E-state index in [9.17, 15) is 10.2 Å². The summed E-state index contributed by atoms with van der Waals surface area (Å²) in [6.07, 6.45) is 4.29. The highest BCUT2D eigenvalue weighted by atomic mass is 35.5. The zero-order valence-corrected chi connectivity index (χ0v) is 15.7. The zero-order valence-electron chi connectivity index (χ0n) is 14.1. The van der Waals surface area contributed by atoms with Gasteiger partial charge in [-0.3, -0.25) is 4.98 Å². The van der Waals surface area contributed by atoms with Crippen LogP contribution in [0.4, 0.5) is 0 Å². The highest BCUT2D eigenvalue weighted by Crippen LogP contribution is 2.41. The normalized spacial score (nSPS) is 12.3. The Bertz CT molecular complexity index is 1050. The van der Waals surface area contributed by atoms with Gasteiger partial charge in [-0.1, -0.05) is 23.7 Å². The highest BCUT2D eigenvalue weighted by molar-refractivity contribution is 7.19. The van der Waals surface area contributed by atoms with Crippen molar-refractivity contribution in [1.82, 2.24) is 15.0 Å². The molecule has 0 amide bonds. The molecule has 136 valence electrons. The molecule has 0 fully saturated rings. The molecule has 1 unspecified atom stereocenters. The van der Waals surface area contributed by atoms with E-state index >= 15 is 0 Å². The minimum absolute atomic E-state index is 0.121. The molecule has 0 spiro atoms. The molecule has 3 N–H and O–H groups in total. The van der Waals surface area contributed by atoms with Crippen molar-refractivity contribution in [2.24, 2.45) is 0 Å². The summed E-state index contributed by atoms with van der Waals surface area (Å²) in [7, 11) is 0. The number of pyridine rings is 1. The minimum atomic E-state index is -0.813. The van der Waals surface area contributed by atoms with E-state index in [1.165, 1.54) is 11.3 Å². The number of imidazole rings is 1. The summed E-state index contributed by atoms with van der Waals surface area (Å²) in [5.74, 6) is 0.700. The van der Waals surface area contributed by atoms with Crippen molar-refractivity contribution in [2.75, 3.05) is 0 Å². The number of benzene rings is 1. The molecule has 0 radical (unpaired) electrons. The number of halogens is 1. The van der Waals surface area contributed by atoms with Crippen LogP contribution >= 0.6 is 22.9 Å². The maximum atomic E-state index is 11.0. The van der Waals surface area contributed by atoms with Crippen LogP contribution < -0.4 is 0 Å². The van der Waals surface area contributed by atoms with E-state index in [0.717, 1.165) is 26.4 Å². The number of H-pyrrole nitrogens is 1. The van der Waals surface area contributed by atoms with Gasteiger partial charge in [0, 0.05) is 34.1 Å². The lowest BCUT2D eigenvalue weighted by molar-refractivity contribution is 0.221. The number of nitrogens with one attached hydrogen (secondary N) is 1. The average Bonchev–Trinajstić information content (AvgIpc) is 3.38. The van der Waals surface area contributed by atoms with Gasteiger partial charge in [0.05, 0.1) is 17.2 Å². The first-order valence-corrected chi connectivity index (χ1v) is 9.48. The monoisotopic (exact) mass is 397 g/mol. The fourth-order valence-corrected chi connectivity index (χ4v) is 4.14. The molecule has 1 atom stereocenters. The van der Waals surface area contributed by atoms with Crippen LogP contribution in [0.5, 0.6) is 0 Å². The molecule has 0 saturated carbocycles. The summed E-state index contributed by atoms with van der Waals surface area (Å²) in [5, 5.41) is 21.0. The van der Waals surface area contributed by atoms with E-state index in [4.69, 9.17) is 11.6 Å². The average molecular weight is 398 g/mol. The van der Waals surface area contributed by atoms with Crippen molar-refractivity contribution in [2.45, 2.75) is 12.7 Å². The second-order valence-electron chi connectivity index (χ2n) is 5.98. The van der Waals surface area contributed by atoms with Gasteiger partial charge in [-0.2, -0.15) is 0 Å². The second-order valence-corrected chi connectivity index (χ2v) is 7.47. The first-order chi connectivity index (χ1) is 13.2. The number of aromatic nitrogens is 3. The topological polar surface area (TPSA) is 82.0 Å². The maximum Gasteiger partial charge on any atom is 0.147 e. The van der Waals surface area contributed by atoms with Crippen LogP contribution in [0.1, 0.15) is 22.9 Å². The first-order valence-electron chi connectivity index (χ1n) is 8.29. The van der Waals surface area contributed by atoms with E-state index in [1.807, 2.05) is 30.3 Å². The number of thiophene rings is 1. The Hall–Kier alpha value is -2.51. The molecule has 0 saturated heterocycles. The van der Waals surface area contributed by atoms with Crippen molar-refractivity contribution in [1.29, 1.82) is 0 Å². The molecule has 5 nitrogen and oxygen atoms in total. The van der Waals surface area contributed by atoms with Crippen molar-refractivity contribution < 1.29 is 10.2 Å². The molecule has 7 heteroatoms. The lowest BCUT2D eigenvalue weighted by Crippen LogP contribution is -1.99. The summed E-state index contributed by atoms with van der Waals surface area (Å²) in [4.78, 5) is 13.4. The third-order valence-electron chi connectivity index (χ3n) is 4.22. The number of aliphatic hydroxyl groups is 2. The lowest BCUT2D eigenvalue weighted by Gasteiger charge is -2.11. The smallest absolute Gasteiger partial charge is 0.147 e. The molecular weight excluding hydrogens is 382 g/mol. The molecule has 27 heavy (non-hydrogen) atoms. The predicted octanol–water partition coefficient (Wildman–Crippen LogP) is 4.43. The van der Waals surface area contributed by atoms with Crippen molar-refractivity contribution in [3.05, 3.63) is 82.9 Å². The fraction of sp³-hybridized carbons (Fsp3) is 0.100. The van der Waals surface area contributed by atoms with Gasteiger partial charge in [0.15, 0.2) is 0 Å². The fourth-order valence-electron chi connectivity index (χ4n) is 2.87. The minimum Gasteiger partial charge on any atom is -0.390 e. The molecule has 3 aromatic heterocycles. The molecule has 4 aromatic rings. The number of aromatic amines is 1. The van der Waals surface area contributed by atoms with E-state index < -0.39 is 6.10 Å². The van der Waals surface area contributed by atoms with Crippen LogP contribution in [-0.4, -0.2) is 25.2 Å². The molecule has 3 heterocycles. The summed E-state index contributed by atoms with van der Waals surface area (Å²) in [6.45, 7) is -0.121. The SMILES string of the molecule is OCc1cc(-c2cc(C(O)c3ccc(Cl)cc3)c(-c3ncc[nH]3)s2)ccn1. The Morgan fingerprint density at radius 2 is 1.89 bits per heavy atom. The van der Waals surface area contributed by atoms with Crippen molar-refractivity contribution in [3.8, 4) is 21.1 Å². The number of nitrogens with zero attached hydrogens (tertiary/aromatic N) is 2. The van der Waals surface area contributed by atoms with Crippen LogP contribution in [-0.2, 0) is 6.61 Å². The van der Waals surface area contributed by atoms with Gasteiger partial charge in [-0.15, -0.1) is 11.3 Å². The molecule has 4 rings (SSSR count). The Kier molecular flexibility index (Phi) is 5.05. The molecule has 0 aliphatic rings. The Labute approximate surface area is 165 Å². The van der Waals surface area contributed by atoms with E-state index in [0.29, 0.717) is 16.5 Å². The molecule has 0 aliphatic carbocycles. The largest absolute Gasteiger partial charge is 0.390 e. The number of hydrogen-bond acceptors (Lipinski definition) is 5.